The van der Waals surface area contributed by atoms with Gasteiger partial charge in [0.05, 0.1) is 0 Å². The molecule has 0 unspecified atom stereocenters. The van der Waals surface area contributed by atoms with Crippen LogP contribution in [-0.2, 0) is 9.59 Å². The molecular weight excluding hydrogens is 382 g/mol. The predicted molar refractivity (Wildman–Crippen MR) is 122 cm³/mol. The highest BCUT2D eigenvalue weighted by Gasteiger charge is 2.21. The van der Waals surface area contributed by atoms with Crippen LogP contribution >= 0.6 is 12.2 Å². The van der Waals surface area contributed by atoms with Crippen LogP contribution in [0.2, 0.25) is 0 Å². The molecule has 5 nitrogen and oxygen atoms in total. The van der Waals surface area contributed by atoms with E-state index in [0.29, 0.717) is 17.5 Å². The van der Waals surface area contributed by atoms with Crippen LogP contribution in [0.5, 0.6) is 0 Å². The number of nitrogens with one attached hydrogen (secondary N) is 3. The summed E-state index contributed by atoms with van der Waals surface area (Å²) in [4.78, 5) is 24.6. The Hall–Kier alpha value is -1.95. The van der Waals surface area contributed by atoms with E-state index in [4.69, 9.17) is 12.2 Å². The average molecular weight is 416 g/mol. The Kier molecular flexibility index (Phi) is 8.47. The summed E-state index contributed by atoms with van der Waals surface area (Å²) in [5.41, 5.74) is 1.50. The topological polar surface area (TPSA) is 70.2 Å². The molecule has 1 aromatic carbocycles. The van der Waals surface area contributed by atoms with Gasteiger partial charge in [0.25, 0.3) is 0 Å². The molecule has 2 saturated carbocycles. The lowest BCUT2D eigenvalue weighted by Crippen LogP contribution is -2.34. The Morgan fingerprint density at radius 3 is 2.21 bits per heavy atom. The fourth-order valence-electron chi connectivity index (χ4n) is 4.45. The summed E-state index contributed by atoms with van der Waals surface area (Å²) < 4.78 is 0. The quantitative estimate of drug-likeness (QED) is 0.546. The molecule has 29 heavy (non-hydrogen) atoms. The van der Waals surface area contributed by atoms with E-state index in [9.17, 15) is 9.59 Å². The third-order valence-electron chi connectivity index (χ3n) is 6.12. The van der Waals surface area contributed by atoms with Gasteiger partial charge < -0.3 is 16.0 Å². The molecule has 0 atom stereocenters. The molecule has 158 valence electrons. The van der Waals surface area contributed by atoms with Crippen molar-refractivity contribution in [2.75, 3.05) is 10.6 Å². The number of anilines is 2. The van der Waals surface area contributed by atoms with E-state index in [1.165, 1.54) is 38.5 Å². The van der Waals surface area contributed by atoms with Crippen LogP contribution in [0.3, 0.4) is 0 Å². The second kappa shape index (κ2) is 11.3. The molecular formula is C23H33N3O2S. The first-order valence-electron chi connectivity index (χ1n) is 11.1. The molecule has 3 rings (SSSR count). The summed E-state index contributed by atoms with van der Waals surface area (Å²) in [6.45, 7) is 0. The first-order valence-corrected chi connectivity index (χ1v) is 11.5. The normalized spacial score (nSPS) is 18.1. The van der Waals surface area contributed by atoms with E-state index in [0.717, 1.165) is 43.5 Å². The molecule has 2 aliphatic rings. The van der Waals surface area contributed by atoms with Crippen LogP contribution in [-0.4, -0.2) is 16.9 Å². The SMILES string of the molecule is O=C(CCC1CCCCC1)NC(=S)Nc1cccc(NC(=O)C2CCCCC2)c1. The van der Waals surface area contributed by atoms with Gasteiger partial charge in [0.1, 0.15) is 0 Å². The van der Waals surface area contributed by atoms with E-state index in [2.05, 4.69) is 16.0 Å². The van der Waals surface area contributed by atoms with Gasteiger partial charge in [-0.15, -0.1) is 0 Å². The molecule has 2 fully saturated rings. The molecule has 6 heteroatoms. The number of benzene rings is 1. The van der Waals surface area contributed by atoms with Gasteiger partial charge in [-0.3, -0.25) is 9.59 Å². The first-order chi connectivity index (χ1) is 14.1. The Balaban J connectivity index is 1.43. The zero-order valence-electron chi connectivity index (χ0n) is 17.2. The van der Waals surface area contributed by atoms with E-state index < -0.39 is 0 Å². The third-order valence-corrected chi connectivity index (χ3v) is 6.33. The summed E-state index contributed by atoms with van der Waals surface area (Å²) in [6.07, 6.45) is 13.3. The van der Waals surface area contributed by atoms with E-state index in [-0.39, 0.29) is 17.7 Å². The molecule has 1 aromatic rings. The summed E-state index contributed by atoms with van der Waals surface area (Å²) >= 11 is 5.29. The molecule has 0 spiro atoms. The lowest BCUT2D eigenvalue weighted by molar-refractivity contribution is -0.121. The number of thiocarbonyl (C=S) groups is 1. The highest BCUT2D eigenvalue weighted by atomic mass is 32.1. The van der Waals surface area contributed by atoms with Crippen molar-refractivity contribution in [3.63, 3.8) is 0 Å². The van der Waals surface area contributed by atoms with Crippen molar-refractivity contribution < 1.29 is 9.59 Å². The van der Waals surface area contributed by atoms with Crippen LogP contribution in [0.4, 0.5) is 11.4 Å². The lowest BCUT2D eigenvalue weighted by atomic mass is 9.86. The molecule has 0 bridgehead atoms. The van der Waals surface area contributed by atoms with E-state index in [1.54, 1.807) is 0 Å². The number of amides is 2. The van der Waals surface area contributed by atoms with Crippen LogP contribution in [0.15, 0.2) is 24.3 Å². The Labute approximate surface area is 179 Å². The predicted octanol–water partition coefficient (Wildman–Crippen LogP) is 5.38. The largest absolute Gasteiger partial charge is 0.332 e. The van der Waals surface area contributed by atoms with Crippen molar-refractivity contribution in [2.24, 2.45) is 11.8 Å². The lowest BCUT2D eigenvalue weighted by Gasteiger charge is -2.21. The Bertz CT molecular complexity index is 710. The summed E-state index contributed by atoms with van der Waals surface area (Å²) in [7, 11) is 0. The molecule has 3 N–H and O–H groups in total. The van der Waals surface area contributed by atoms with Gasteiger partial charge >= 0.3 is 0 Å². The first kappa shape index (κ1) is 21.8. The van der Waals surface area contributed by atoms with Crippen molar-refractivity contribution in [3.05, 3.63) is 24.3 Å². The van der Waals surface area contributed by atoms with Gasteiger partial charge in [-0.25, -0.2) is 0 Å². The maximum absolute atomic E-state index is 12.4. The van der Waals surface area contributed by atoms with Gasteiger partial charge in [0, 0.05) is 23.7 Å². The average Bonchev–Trinajstić information content (AvgIpc) is 2.74. The Morgan fingerprint density at radius 1 is 0.897 bits per heavy atom. The van der Waals surface area contributed by atoms with Crippen LogP contribution in [0.1, 0.15) is 77.0 Å². The minimum Gasteiger partial charge on any atom is -0.332 e. The Morgan fingerprint density at radius 2 is 1.52 bits per heavy atom. The molecule has 0 saturated heterocycles. The maximum atomic E-state index is 12.4. The van der Waals surface area contributed by atoms with E-state index in [1.807, 2.05) is 24.3 Å². The highest BCUT2D eigenvalue weighted by Crippen LogP contribution is 2.27. The second-order valence-electron chi connectivity index (χ2n) is 8.45. The van der Waals surface area contributed by atoms with Gasteiger partial charge in [-0.2, -0.15) is 0 Å². The van der Waals surface area contributed by atoms with Crippen LogP contribution in [0.25, 0.3) is 0 Å². The number of carbonyl (C=O) groups is 2. The minimum absolute atomic E-state index is 0.0326. The molecule has 0 aliphatic heterocycles. The standard InChI is InChI=1S/C23H33N3O2S/c27-21(15-14-17-8-3-1-4-9-17)26-23(29)25-20-13-7-12-19(16-20)24-22(28)18-10-5-2-6-11-18/h7,12-13,16-18H,1-6,8-11,14-15H2,(H,24,28)(H2,25,26,27,29). The summed E-state index contributed by atoms with van der Waals surface area (Å²) in [5, 5.41) is 9.14. The van der Waals surface area contributed by atoms with Gasteiger partial charge in [-0.1, -0.05) is 57.4 Å². The van der Waals surface area contributed by atoms with Crippen molar-refractivity contribution in [1.82, 2.24) is 5.32 Å². The highest BCUT2D eigenvalue weighted by molar-refractivity contribution is 7.80. The van der Waals surface area contributed by atoms with Crippen molar-refractivity contribution >= 4 is 40.5 Å². The number of carbonyl (C=O) groups excluding carboxylic acids is 2. The van der Waals surface area contributed by atoms with Crippen LogP contribution in [0, 0.1) is 11.8 Å². The monoisotopic (exact) mass is 415 g/mol. The zero-order valence-corrected chi connectivity index (χ0v) is 18.0. The fourth-order valence-corrected chi connectivity index (χ4v) is 4.68. The number of hydrogen-bond donors (Lipinski definition) is 3. The minimum atomic E-state index is -0.0326. The third kappa shape index (κ3) is 7.42. The van der Waals surface area contributed by atoms with E-state index >= 15 is 0 Å². The maximum Gasteiger partial charge on any atom is 0.227 e. The van der Waals surface area contributed by atoms with Gasteiger partial charge in [0.2, 0.25) is 11.8 Å². The molecule has 0 radical (unpaired) electrons. The summed E-state index contributed by atoms with van der Waals surface area (Å²) in [5.74, 6) is 0.862. The number of hydrogen-bond acceptors (Lipinski definition) is 3. The number of rotatable bonds is 6. The summed E-state index contributed by atoms with van der Waals surface area (Å²) in [6, 6.07) is 7.46. The molecule has 0 aromatic heterocycles. The fraction of sp³-hybridized carbons (Fsp3) is 0.609. The molecule has 2 amide bonds. The second-order valence-corrected chi connectivity index (χ2v) is 8.86. The smallest absolute Gasteiger partial charge is 0.227 e. The van der Waals surface area contributed by atoms with Crippen molar-refractivity contribution in [1.29, 1.82) is 0 Å². The van der Waals surface area contributed by atoms with Gasteiger partial charge in [-0.05, 0) is 55.6 Å². The van der Waals surface area contributed by atoms with Crippen molar-refractivity contribution in [2.45, 2.75) is 77.0 Å². The van der Waals surface area contributed by atoms with Crippen molar-refractivity contribution in [3.8, 4) is 0 Å². The van der Waals surface area contributed by atoms with Crippen LogP contribution < -0.4 is 16.0 Å². The van der Waals surface area contributed by atoms with Gasteiger partial charge in [0.15, 0.2) is 5.11 Å². The molecule has 2 aliphatic carbocycles. The zero-order chi connectivity index (χ0) is 20.5. The molecule has 0 heterocycles.